The molecule has 0 aromatic heterocycles. The zero-order chi connectivity index (χ0) is 11.6. The number of carbonyl (C=O) groups excluding carboxylic acids is 1. The Bertz CT molecular complexity index is 257. The quantitative estimate of drug-likeness (QED) is 0.709. The van der Waals surface area contributed by atoms with Crippen molar-refractivity contribution in [1.29, 1.82) is 0 Å². The number of hydrogen-bond donors (Lipinski definition) is 2. The van der Waals surface area contributed by atoms with Crippen LogP contribution in [0.15, 0.2) is 0 Å². The fourth-order valence-corrected chi connectivity index (χ4v) is 2.38. The zero-order valence-corrected chi connectivity index (χ0v) is 10.4. The van der Waals surface area contributed by atoms with Gasteiger partial charge in [-0.3, -0.25) is 4.79 Å². The number of nitrogens with zero attached hydrogens (tertiary/aromatic N) is 1. The van der Waals surface area contributed by atoms with E-state index in [9.17, 15) is 4.79 Å². The van der Waals surface area contributed by atoms with Gasteiger partial charge in [0.15, 0.2) is 0 Å². The third kappa shape index (κ3) is 2.74. The first kappa shape index (κ1) is 11.9. The number of nitrogens with one attached hydrogen (secondary N) is 2. The van der Waals surface area contributed by atoms with Crippen LogP contribution in [0, 0.1) is 0 Å². The molecular formula is C12H23N3O. The van der Waals surface area contributed by atoms with Crippen molar-refractivity contribution in [2.75, 3.05) is 26.2 Å². The zero-order valence-electron chi connectivity index (χ0n) is 10.4. The Labute approximate surface area is 97.8 Å². The summed E-state index contributed by atoms with van der Waals surface area (Å²) in [6.45, 7) is 7.61. The van der Waals surface area contributed by atoms with Gasteiger partial charge in [0.2, 0.25) is 5.91 Å². The monoisotopic (exact) mass is 225 g/mol. The molecule has 2 fully saturated rings. The van der Waals surface area contributed by atoms with Gasteiger partial charge in [-0.15, -0.1) is 0 Å². The number of amides is 1. The van der Waals surface area contributed by atoms with Gasteiger partial charge in [-0.2, -0.15) is 0 Å². The van der Waals surface area contributed by atoms with E-state index in [1.54, 1.807) is 0 Å². The summed E-state index contributed by atoms with van der Waals surface area (Å²) in [5, 5.41) is 6.73. The Balaban J connectivity index is 1.77. The van der Waals surface area contributed by atoms with Crippen LogP contribution in [0.1, 0.15) is 33.1 Å². The molecule has 1 aliphatic heterocycles. The van der Waals surface area contributed by atoms with Crippen LogP contribution < -0.4 is 10.6 Å². The van der Waals surface area contributed by atoms with Gasteiger partial charge in [0.05, 0.1) is 6.54 Å². The highest BCUT2D eigenvalue weighted by molar-refractivity contribution is 5.79. The van der Waals surface area contributed by atoms with Crippen LogP contribution in [0.2, 0.25) is 0 Å². The molecule has 4 nitrogen and oxygen atoms in total. The molecule has 1 saturated heterocycles. The van der Waals surface area contributed by atoms with E-state index in [0.717, 1.165) is 26.1 Å². The molecule has 92 valence electrons. The Morgan fingerprint density at radius 3 is 2.81 bits per heavy atom. The maximum atomic E-state index is 12.0. The topological polar surface area (TPSA) is 44.4 Å². The van der Waals surface area contributed by atoms with Gasteiger partial charge in [0, 0.05) is 24.7 Å². The lowest BCUT2D eigenvalue weighted by Gasteiger charge is -2.27. The highest BCUT2D eigenvalue weighted by Crippen LogP contribution is 2.26. The van der Waals surface area contributed by atoms with Crippen molar-refractivity contribution >= 4 is 5.91 Å². The molecule has 1 saturated carbocycles. The fourth-order valence-electron chi connectivity index (χ4n) is 2.38. The van der Waals surface area contributed by atoms with Crippen molar-refractivity contribution in [1.82, 2.24) is 15.5 Å². The van der Waals surface area contributed by atoms with E-state index >= 15 is 0 Å². The molecule has 1 amide bonds. The van der Waals surface area contributed by atoms with Crippen molar-refractivity contribution < 1.29 is 4.79 Å². The van der Waals surface area contributed by atoms with Crippen molar-refractivity contribution in [2.45, 2.75) is 44.7 Å². The Morgan fingerprint density at radius 2 is 2.31 bits per heavy atom. The number of carbonyl (C=O) groups is 1. The molecule has 1 heterocycles. The maximum Gasteiger partial charge on any atom is 0.236 e. The number of rotatable bonds is 5. The summed E-state index contributed by atoms with van der Waals surface area (Å²) < 4.78 is 0. The molecule has 2 rings (SSSR count). The Hall–Kier alpha value is -0.610. The first-order valence-electron chi connectivity index (χ1n) is 6.40. The fraction of sp³-hybridized carbons (Fsp3) is 0.917. The summed E-state index contributed by atoms with van der Waals surface area (Å²) in [5.41, 5.74) is 0.110. The minimum Gasteiger partial charge on any atom is -0.339 e. The standard InChI is InChI=1S/C12H23N3O/c1-3-15(10-4-5-10)11(16)8-14-12(2)6-7-13-9-12/h10,13-14H,3-9H2,1-2H3. The first-order valence-corrected chi connectivity index (χ1v) is 6.40. The summed E-state index contributed by atoms with van der Waals surface area (Å²) >= 11 is 0. The molecule has 2 N–H and O–H groups in total. The van der Waals surface area contributed by atoms with E-state index in [2.05, 4.69) is 24.5 Å². The van der Waals surface area contributed by atoms with Crippen LogP contribution in [0.25, 0.3) is 0 Å². The number of likely N-dealkylation sites (N-methyl/N-ethyl adjacent to an activating group) is 1. The molecule has 4 heteroatoms. The van der Waals surface area contributed by atoms with Crippen molar-refractivity contribution in [3.8, 4) is 0 Å². The molecular weight excluding hydrogens is 202 g/mol. The van der Waals surface area contributed by atoms with Gasteiger partial charge in [-0.1, -0.05) is 0 Å². The molecule has 0 radical (unpaired) electrons. The van der Waals surface area contributed by atoms with Crippen LogP contribution in [0.4, 0.5) is 0 Å². The third-order valence-electron chi connectivity index (χ3n) is 3.68. The van der Waals surface area contributed by atoms with Gasteiger partial charge in [0.25, 0.3) is 0 Å². The van der Waals surface area contributed by atoms with Crippen molar-refractivity contribution in [3.05, 3.63) is 0 Å². The van der Waals surface area contributed by atoms with Gasteiger partial charge in [0.1, 0.15) is 0 Å². The van der Waals surface area contributed by atoms with E-state index in [1.807, 2.05) is 4.90 Å². The lowest BCUT2D eigenvalue weighted by Crippen LogP contribution is -2.49. The van der Waals surface area contributed by atoms with E-state index in [0.29, 0.717) is 12.6 Å². The normalized spacial score (nSPS) is 29.4. The van der Waals surface area contributed by atoms with Crippen molar-refractivity contribution in [3.63, 3.8) is 0 Å². The molecule has 0 bridgehead atoms. The van der Waals surface area contributed by atoms with Gasteiger partial charge < -0.3 is 15.5 Å². The van der Waals surface area contributed by atoms with Crippen molar-refractivity contribution in [2.24, 2.45) is 0 Å². The lowest BCUT2D eigenvalue weighted by molar-refractivity contribution is -0.130. The minimum absolute atomic E-state index is 0.110. The number of hydrogen-bond acceptors (Lipinski definition) is 3. The average Bonchev–Trinajstić information content (AvgIpc) is 3.00. The van der Waals surface area contributed by atoms with Gasteiger partial charge in [-0.25, -0.2) is 0 Å². The summed E-state index contributed by atoms with van der Waals surface area (Å²) in [7, 11) is 0. The van der Waals surface area contributed by atoms with E-state index in [4.69, 9.17) is 0 Å². The molecule has 1 atom stereocenters. The smallest absolute Gasteiger partial charge is 0.236 e. The molecule has 2 aliphatic rings. The molecule has 0 spiro atoms. The second-order valence-electron chi connectivity index (χ2n) is 5.25. The highest BCUT2D eigenvalue weighted by Gasteiger charge is 2.33. The molecule has 1 unspecified atom stereocenters. The highest BCUT2D eigenvalue weighted by atomic mass is 16.2. The molecule has 0 aromatic carbocycles. The minimum atomic E-state index is 0.110. The average molecular weight is 225 g/mol. The largest absolute Gasteiger partial charge is 0.339 e. The summed E-state index contributed by atoms with van der Waals surface area (Å²) in [6, 6.07) is 0.536. The first-order chi connectivity index (χ1) is 7.64. The maximum absolute atomic E-state index is 12.0. The van der Waals surface area contributed by atoms with Crippen LogP contribution in [0.3, 0.4) is 0 Å². The Kier molecular flexibility index (Phi) is 3.50. The van der Waals surface area contributed by atoms with E-state index < -0.39 is 0 Å². The Morgan fingerprint density at radius 1 is 1.56 bits per heavy atom. The van der Waals surface area contributed by atoms with Crippen LogP contribution >= 0.6 is 0 Å². The van der Waals surface area contributed by atoms with Crippen LogP contribution in [-0.4, -0.2) is 48.6 Å². The second-order valence-corrected chi connectivity index (χ2v) is 5.25. The van der Waals surface area contributed by atoms with E-state index in [1.165, 1.54) is 12.8 Å². The predicted molar refractivity (Wildman–Crippen MR) is 64.3 cm³/mol. The summed E-state index contributed by atoms with van der Waals surface area (Å²) in [6.07, 6.45) is 3.49. The second kappa shape index (κ2) is 4.72. The van der Waals surface area contributed by atoms with Crippen LogP contribution in [-0.2, 0) is 4.79 Å². The summed E-state index contributed by atoms with van der Waals surface area (Å²) in [4.78, 5) is 14.0. The lowest BCUT2D eigenvalue weighted by atomic mass is 10.0. The molecule has 0 aromatic rings. The van der Waals surface area contributed by atoms with E-state index in [-0.39, 0.29) is 11.4 Å². The summed E-state index contributed by atoms with van der Waals surface area (Å²) in [5.74, 6) is 0.262. The third-order valence-corrected chi connectivity index (χ3v) is 3.68. The molecule has 16 heavy (non-hydrogen) atoms. The molecule has 1 aliphatic carbocycles. The SMILES string of the molecule is CCN(C(=O)CNC1(C)CCNC1)C1CC1. The van der Waals surface area contributed by atoms with Gasteiger partial charge >= 0.3 is 0 Å². The van der Waals surface area contributed by atoms with Crippen LogP contribution in [0.5, 0.6) is 0 Å². The van der Waals surface area contributed by atoms with Gasteiger partial charge in [-0.05, 0) is 39.7 Å². The predicted octanol–water partition coefficient (Wildman–Crippen LogP) is 0.339.